The van der Waals surface area contributed by atoms with Gasteiger partial charge < -0.3 is 4.90 Å². The van der Waals surface area contributed by atoms with Crippen LogP contribution >= 0.6 is 0 Å². The maximum absolute atomic E-state index is 12.4. The lowest BCUT2D eigenvalue weighted by atomic mass is 10.3. The van der Waals surface area contributed by atoms with Gasteiger partial charge >= 0.3 is 15.5 Å². The van der Waals surface area contributed by atoms with Gasteiger partial charge in [0.1, 0.15) is 12.1 Å². The molecule has 2 rings (SSSR count). The Morgan fingerprint density at radius 2 is 1.79 bits per heavy atom. The van der Waals surface area contributed by atoms with Crippen LogP contribution in [0.5, 0.6) is 0 Å². The summed E-state index contributed by atoms with van der Waals surface area (Å²) in [6, 6.07) is 1.62. The standard InChI is InChI=1S/C9H11F3N4O2S/c10-9(11,12)19(17,18)16-5-3-15(4-6-16)8-1-2-13-7-14-8/h1-2,7H,3-6H2. The van der Waals surface area contributed by atoms with E-state index < -0.39 is 15.5 Å². The summed E-state index contributed by atoms with van der Waals surface area (Å²) in [5, 5.41) is 0. The van der Waals surface area contributed by atoms with Gasteiger partial charge in [0.15, 0.2) is 0 Å². The van der Waals surface area contributed by atoms with E-state index in [4.69, 9.17) is 0 Å². The zero-order valence-corrected chi connectivity index (χ0v) is 10.5. The smallest absolute Gasteiger partial charge is 0.354 e. The van der Waals surface area contributed by atoms with Crippen LogP contribution in [0.3, 0.4) is 0 Å². The molecule has 0 aliphatic carbocycles. The molecule has 0 aromatic carbocycles. The second-order valence-corrected chi connectivity index (χ2v) is 5.83. The third-order valence-electron chi connectivity index (χ3n) is 2.76. The molecular weight excluding hydrogens is 285 g/mol. The van der Waals surface area contributed by atoms with Crippen LogP contribution in [-0.2, 0) is 10.0 Å². The molecule has 1 aliphatic rings. The minimum absolute atomic E-state index is 0.159. The van der Waals surface area contributed by atoms with Crippen LogP contribution in [0, 0.1) is 0 Å². The Morgan fingerprint density at radius 1 is 1.16 bits per heavy atom. The van der Waals surface area contributed by atoms with Crippen LogP contribution in [0.25, 0.3) is 0 Å². The summed E-state index contributed by atoms with van der Waals surface area (Å²) in [6.45, 7) is -0.115. The second-order valence-electron chi connectivity index (χ2n) is 3.90. The molecule has 0 bridgehead atoms. The van der Waals surface area contributed by atoms with Crippen LogP contribution in [-0.4, -0.2) is 54.4 Å². The highest BCUT2D eigenvalue weighted by molar-refractivity contribution is 7.90. The first-order valence-electron chi connectivity index (χ1n) is 5.40. The lowest BCUT2D eigenvalue weighted by Gasteiger charge is -2.34. The first kappa shape index (κ1) is 14.0. The highest BCUT2D eigenvalue weighted by Crippen LogP contribution is 2.27. The zero-order chi connectivity index (χ0) is 14.1. The van der Waals surface area contributed by atoms with Crippen LogP contribution in [0.15, 0.2) is 18.6 Å². The topological polar surface area (TPSA) is 66.4 Å². The van der Waals surface area contributed by atoms with E-state index in [9.17, 15) is 21.6 Å². The van der Waals surface area contributed by atoms with Crippen molar-refractivity contribution in [2.24, 2.45) is 0 Å². The summed E-state index contributed by atoms with van der Waals surface area (Å²) >= 11 is 0. The molecule has 10 heteroatoms. The van der Waals surface area contributed by atoms with E-state index in [1.165, 1.54) is 12.5 Å². The molecule has 0 spiro atoms. The molecule has 19 heavy (non-hydrogen) atoms. The van der Waals surface area contributed by atoms with Gasteiger partial charge in [-0.1, -0.05) is 0 Å². The van der Waals surface area contributed by atoms with Crippen LogP contribution in [0.1, 0.15) is 0 Å². The van der Waals surface area contributed by atoms with Gasteiger partial charge in [-0.25, -0.2) is 18.4 Å². The number of nitrogens with zero attached hydrogens (tertiary/aromatic N) is 4. The van der Waals surface area contributed by atoms with Gasteiger partial charge in [-0.2, -0.15) is 17.5 Å². The van der Waals surface area contributed by atoms with E-state index in [0.717, 1.165) is 0 Å². The first-order chi connectivity index (χ1) is 8.82. The third kappa shape index (κ3) is 2.78. The quantitative estimate of drug-likeness (QED) is 0.792. The number of halogens is 3. The number of aromatic nitrogens is 2. The van der Waals surface area contributed by atoms with Crippen molar-refractivity contribution in [2.75, 3.05) is 31.1 Å². The highest BCUT2D eigenvalue weighted by Gasteiger charge is 2.50. The molecule has 106 valence electrons. The first-order valence-corrected chi connectivity index (χ1v) is 6.84. The van der Waals surface area contributed by atoms with Crippen molar-refractivity contribution in [2.45, 2.75) is 5.51 Å². The van der Waals surface area contributed by atoms with Gasteiger partial charge in [-0.3, -0.25) is 0 Å². The number of alkyl halides is 3. The number of piperazine rings is 1. The monoisotopic (exact) mass is 296 g/mol. The summed E-state index contributed by atoms with van der Waals surface area (Å²) in [7, 11) is -5.23. The summed E-state index contributed by atoms with van der Waals surface area (Å²) < 4.78 is 60.0. The zero-order valence-electron chi connectivity index (χ0n) is 9.71. The summed E-state index contributed by atoms with van der Waals surface area (Å²) in [5.74, 6) is 0.569. The van der Waals surface area contributed by atoms with Crippen molar-refractivity contribution in [3.8, 4) is 0 Å². The van der Waals surface area contributed by atoms with Gasteiger partial charge in [0.25, 0.3) is 0 Å². The summed E-state index contributed by atoms with van der Waals surface area (Å²) in [6.07, 6.45) is 2.84. The fraction of sp³-hybridized carbons (Fsp3) is 0.556. The molecule has 0 N–H and O–H groups in total. The van der Waals surface area contributed by atoms with Crippen LogP contribution < -0.4 is 4.90 Å². The number of sulfonamides is 1. The van der Waals surface area contributed by atoms with Gasteiger partial charge in [0, 0.05) is 32.4 Å². The Kier molecular flexibility index (Phi) is 3.63. The molecular formula is C9H11F3N4O2S. The lowest BCUT2D eigenvalue weighted by Crippen LogP contribution is -2.52. The van der Waals surface area contributed by atoms with Crippen molar-refractivity contribution in [3.05, 3.63) is 18.6 Å². The Labute approximate surface area is 107 Å². The van der Waals surface area contributed by atoms with E-state index in [1.807, 2.05) is 0 Å². The van der Waals surface area contributed by atoms with E-state index >= 15 is 0 Å². The van der Waals surface area contributed by atoms with E-state index in [0.29, 0.717) is 10.1 Å². The number of rotatable bonds is 2. The number of hydrogen-bond donors (Lipinski definition) is 0. The molecule has 6 nitrogen and oxygen atoms in total. The minimum Gasteiger partial charge on any atom is -0.354 e. The maximum atomic E-state index is 12.4. The third-order valence-corrected chi connectivity index (χ3v) is 4.39. The highest BCUT2D eigenvalue weighted by atomic mass is 32.2. The fourth-order valence-corrected chi connectivity index (χ4v) is 2.71. The Morgan fingerprint density at radius 3 is 2.26 bits per heavy atom. The van der Waals surface area contributed by atoms with Gasteiger partial charge in [-0.05, 0) is 6.07 Å². The minimum atomic E-state index is -5.25. The fourth-order valence-electron chi connectivity index (χ4n) is 1.77. The molecule has 1 aliphatic heterocycles. The van der Waals surface area contributed by atoms with Crippen molar-refractivity contribution < 1.29 is 21.6 Å². The molecule has 0 radical (unpaired) electrons. The van der Waals surface area contributed by atoms with Crippen LogP contribution in [0.2, 0.25) is 0 Å². The molecule has 1 aromatic heterocycles. The Balaban J connectivity index is 2.05. The lowest BCUT2D eigenvalue weighted by molar-refractivity contribution is -0.0490. The largest absolute Gasteiger partial charge is 0.511 e. The molecule has 0 atom stereocenters. The van der Waals surface area contributed by atoms with Gasteiger partial charge in [-0.15, -0.1) is 0 Å². The molecule has 1 fully saturated rings. The molecule has 1 saturated heterocycles. The van der Waals surface area contributed by atoms with Crippen molar-refractivity contribution in [1.82, 2.24) is 14.3 Å². The molecule has 0 unspecified atom stereocenters. The number of anilines is 1. The molecule has 1 aromatic rings. The molecule has 0 saturated carbocycles. The molecule has 0 amide bonds. The van der Waals surface area contributed by atoms with Gasteiger partial charge in [0.2, 0.25) is 0 Å². The average molecular weight is 296 g/mol. The van der Waals surface area contributed by atoms with Crippen molar-refractivity contribution >= 4 is 15.8 Å². The maximum Gasteiger partial charge on any atom is 0.511 e. The summed E-state index contributed by atoms with van der Waals surface area (Å²) in [5.41, 5.74) is -5.25. The Hall–Kier alpha value is -1.42. The van der Waals surface area contributed by atoms with Gasteiger partial charge in [0.05, 0.1) is 0 Å². The van der Waals surface area contributed by atoms with Crippen LogP contribution in [0.4, 0.5) is 19.0 Å². The Bertz CT molecular complexity index is 526. The predicted molar refractivity (Wildman–Crippen MR) is 60.8 cm³/mol. The van der Waals surface area contributed by atoms with Crippen molar-refractivity contribution in [3.63, 3.8) is 0 Å². The molecule has 2 heterocycles. The second kappa shape index (κ2) is 4.93. The van der Waals surface area contributed by atoms with E-state index in [-0.39, 0.29) is 26.2 Å². The predicted octanol–water partition coefficient (Wildman–Crippen LogP) is 0.448. The normalized spacial score (nSPS) is 18.6. The average Bonchev–Trinajstić information content (AvgIpc) is 2.39. The van der Waals surface area contributed by atoms with E-state index in [1.54, 1.807) is 11.0 Å². The van der Waals surface area contributed by atoms with Crippen molar-refractivity contribution in [1.29, 1.82) is 0 Å². The number of hydrogen-bond acceptors (Lipinski definition) is 5. The SMILES string of the molecule is O=S(=O)(N1CCN(c2ccncn2)CC1)C(F)(F)F. The summed E-state index contributed by atoms with van der Waals surface area (Å²) in [4.78, 5) is 9.41. The van der Waals surface area contributed by atoms with E-state index in [2.05, 4.69) is 9.97 Å².